The van der Waals surface area contributed by atoms with Gasteiger partial charge in [0.05, 0.1) is 11.1 Å². The molecule has 3 N–H and O–H groups in total. The Kier molecular flexibility index (Phi) is 5.19. The summed E-state index contributed by atoms with van der Waals surface area (Å²) in [5.74, 6) is -0.382. The smallest absolute Gasteiger partial charge is 0.311 e. The number of hydrogen-bond donors (Lipinski definition) is 3. The standard InChI is InChI=1S/C11H14N4O3S/c1-7(2)13-11(19)14-12-6-8-3-4-10(16)9(5-8)15(17)18/h3-7,16H,1-2H3,(H2,13,14,19)/b12-6-. The van der Waals surface area contributed by atoms with E-state index < -0.39 is 4.92 Å². The second kappa shape index (κ2) is 6.64. The number of nitro benzene ring substituents is 1. The van der Waals surface area contributed by atoms with E-state index in [2.05, 4.69) is 15.8 Å². The van der Waals surface area contributed by atoms with Crippen molar-refractivity contribution in [1.82, 2.24) is 10.7 Å². The summed E-state index contributed by atoms with van der Waals surface area (Å²) in [6.07, 6.45) is 1.38. The van der Waals surface area contributed by atoms with Gasteiger partial charge in [-0.3, -0.25) is 15.5 Å². The summed E-state index contributed by atoms with van der Waals surface area (Å²) in [5.41, 5.74) is 2.69. The van der Waals surface area contributed by atoms with Crippen molar-refractivity contribution in [2.45, 2.75) is 19.9 Å². The van der Waals surface area contributed by atoms with Gasteiger partial charge in [-0.05, 0) is 38.2 Å². The third kappa shape index (κ3) is 4.88. The average Bonchev–Trinajstić information content (AvgIpc) is 2.30. The van der Waals surface area contributed by atoms with E-state index in [0.29, 0.717) is 10.7 Å². The zero-order valence-corrected chi connectivity index (χ0v) is 11.3. The Balaban J connectivity index is 2.70. The third-order valence-corrected chi connectivity index (χ3v) is 2.20. The van der Waals surface area contributed by atoms with Crippen LogP contribution in [0.2, 0.25) is 0 Å². The van der Waals surface area contributed by atoms with Gasteiger partial charge in [0.15, 0.2) is 10.9 Å². The lowest BCUT2D eigenvalue weighted by atomic mass is 10.2. The zero-order chi connectivity index (χ0) is 14.4. The van der Waals surface area contributed by atoms with E-state index in [0.717, 1.165) is 0 Å². The predicted molar refractivity (Wildman–Crippen MR) is 76.4 cm³/mol. The first-order valence-corrected chi connectivity index (χ1v) is 5.88. The molecule has 0 aromatic heterocycles. The van der Waals surface area contributed by atoms with Gasteiger partial charge >= 0.3 is 5.69 Å². The molecule has 1 aromatic rings. The highest BCUT2D eigenvalue weighted by atomic mass is 32.1. The molecule has 0 saturated heterocycles. The Bertz CT molecular complexity index is 517. The largest absolute Gasteiger partial charge is 0.502 e. The molecular weight excluding hydrogens is 268 g/mol. The summed E-state index contributed by atoms with van der Waals surface area (Å²) < 4.78 is 0. The molecule has 7 nitrogen and oxygen atoms in total. The molecule has 0 aliphatic heterocycles. The van der Waals surface area contributed by atoms with Crippen LogP contribution in [0.4, 0.5) is 5.69 Å². The minimum Gasteiger partial charge on any atom is -0.502 e. The number of nitrogens with one attached hydrogen (secondary N) is 2. The molecule has 0 saturated carbocycles. The van der Waals surface area contributed by atoms with Crippen LogP contribution in [0.5, 0.6) is 5.75 Å². The first kappa shape index (κ1) is 14.8. The monoisotopic (exact) mass is 282 g/mol. The molecule has 19 heavy (non-hydrogen) atoms. The Labute approximate surface area is 115 Å². The van der Waals surface area contributed by atoms with Crippen molar-refractivity contribution in [2.75, 3.05) is 0 Å². The van der Waals surface area contributed by atoms with Crippen LogP contribution < -0.4 is 10.7 Å². The van der Waals surface area contributed by atoms with Crippen LogP contribution in [0.3, 0.4) is 0 Å². The van der Waals surface area contributed by atoms with Crippen molar-refractivity contribution in [2.24, 2.45) is 5.10 Å². The van der Waals surface area contributed by atoms with Crippen molar-refractivity contribution in [3.8, 4) is 5.75 Å². The van der Waals surface area contributed by atoms with Crippen LogP contribution in [0.1, 0.15) is 19.4 Å². The van der Waals surface area contributed by atoms with Crippen LogP contribution in [-0.2, 0) is 0 Å². The van der Waals surface area contributed by atoms with E-state index in [-0.39, 0.29) is 17.5 Å². The first-order chi connectivity index (χ1) is 8.90. The normalized spacial score (nSPS) is 10.7. The van der Waals surface area contributed by atoms with E-state index in [4.69, 9.17) is 12.2 Å². The summed E-state index contributed by atoms with van der Waals surface area (Å²) in [7, 11) is 0. The molecule has 0 amide bonds. The van der Waals surface area contributed by atoms with Gasteiger partial charge in [-0.25, -0.2) is 0 Å². The van der Waals surface area contributed by atoms with Gasteiger partial charge in [0.2, 0.25) is 0 Å². The number of rotatable bonds is 4. The molecule has 102 valence electrons. The molecule has 0 radical (unpaired) electrons. The molecule has 1 rings (SSSR count). The highest BCUT2D eigenvalue weighted by molar-refractivity contribution is 7.80. The SMILES string of the molecule is CC(C)NC(=S)N/N=C\c1ccc(O)c([N+](=O)[O-])c1. The summed E-state index contributed by atoms with van der Waals surface area (Å²) in [5, 5.41) is 27.0. The first-order valence-electron chi connectivity index (χ1n) is 5.47. The van der Waals surface area contributed by atoms with Crippen LogP contribution in [-0.4, -0.2) is 27.4 Å². The molecule has 0 atom stereocenters. The van der Waals surface area contributed by atoms with Crippen molar-refractivity contribution in [1.29, 1.82) is 0 Å². The fourth-order valence-electron chi connectivity index (χ4n) is 1.23. The van der Waals surface area contributed by atoms with E-state index in [1.807, 2.05) is 13.8 Å². The molecule has 0 aliphatic carbocycles. The van der Waals surface area contributed by atoms with Crippen LogP contribution in [0, 0.1) is 10.1 Å². The number of nitrogens with zero attached hydrogens (tertiary/aromatic N) is 2. The van der Waals surface area contributed by atoms with Crippen molar-refractivity contribution in [3.63, 3.8) is 0 Å². The second-order valence-corrected chi connectivity index (χ2v) is 4.41. The minimum absolute atomic E-state index is 0.185. The number of nitro groups is 1. The molecule has 0 spiro atoms. The third-order valence-electron chi connectivity index (χ3n) is 2.00. The van der Waals surface area contributed by atoms with Crippen molar-refractivity contribution in [3.05, 3.63) is 33.9 Å². The van der Waals surface area contributed by atoms with E-state index >= 15 is 0 Å². The van der Waals surface area contributed by atoms with Crippen LogP contribution in [0.15, 0.2) is 23.3 Å². The van der Waals surface area contributed by atoms with E-state index in [1.54, 1.807) is 0 Å². The predicted octanol–water partition coefficient (Wildman–Crippen LogP) is 1.51. The fourth-order valence-corrected chi connectivity index (χ4v) is 1.52. The number of phenolic OH excluding ortho intramolecular Hbond substituents is 1. The van der Waals surface area contributed by atoms with Gasteiger partial charge in [0, 0.05) is 17.7 Å². The van der Waals surface area contributed by atoms with E-state index in [1.165, 1.54) is 24.4 Å². The number of hydrazone groups is 1. The number of hydrogen-bond acceptors (Lipinski definition) is 5. The summed E-state index contributed by atoms with van der Waals surface area (Å²) >= 11 is 4.95. The topological polar surface area (TPSA) is 99.8 Å². The minimum atomic E-state index is -0.662. The molecule has 8 heteroatoms. The number of benzene rings is 1. The van der Waals surface area contributed by atoms with Gasteiger partial charge in [-0.15, -0.1) is 0 Å². The van der Waals surface area contributed by atoms with Crippen molar-refractivity contribution >= 4 is 29.2 Å². The Hall–Kier alpha value is -2.22. The van der Waals surface area contributed by atoms with Gasteiger partial charge in [-0.1, -0.05) is 0 Å². The highest BCUT2D eigenvalue weighted by Gasteiger charge is 2.12. The molecule has 1 aromatic carbocycles. The molecule has 0 aliphatic rings. The average molecular weight is 282 g/mol. The van der Waals surface area contributed by atoms with E-state index in [9.17, 15) is 15.2 Å². The van der Waals surface area contributed by atoms with Crippen LogP contribution >= 0.6 is 12.2 Å². The molecule has 0 heterocycles. The number of phenols is 1. The summed E-state index contributed by atoms with van der Waals surface area (Å²) in [4.78, 5) is 9.97. The van der Waals surface area contributed by atoms with Gasteiger partial charge < -0.3 is 10.4 Å². The quantitative estimate of drug-likeness (QED) is 0.335. The maximum absolute atomic E-state index is 10.6. The maximum Gasteiger partial charge on any atom is 0.311 e. The molecule has 0 bridgehead atoms. The highest BCUT2D eigenvalue weighted by Crippen LogP contribution is 2.25. The Morgan fingerprint density at radius 2 is 2.26 bits per heavy atom. The van der Waals surface area contributed by atoms with Gasteiger partial charge in [0.25, 0.3) is 0 Å². The lowest BCUT2D eigenvalue weighted by molar-refractivity contribution is -0.385. The van der Waals surface area contributed by atoms with Gasteiger partial charge in [-0.2, -0.15) is 5.10 Å². The van der Waals surface area contributed by atoms with Crippen molar-refractivity contribution < 1.29 is 10.0 Å². The zero-order valence-electron chi connectivity index (χ0n) is 10.5. The summed E-state index contributed by atoms with van der Waals surface area (Å²) in [6, 6.07) is 4.15. The Morgan fingerprint density at radius 1 is 1.58 bits per heavy atom. The van der Waals surface area contributed by atoms with Crippen LogP contribution in [0.25, 0.3) is 0 Å². The molecule has 0 fully saturated rings. The fraction of sp³-hybridized carbons (Fsp3) is 0.273. The number of aromatic hydroxyl groups is 1. The second-order valence-electron chi connectivity index (χ2n) is 4.00. The summed E-state index contributed by atoms with van der Waals surface area (Å²) in [6.45, 7) is 3.86. The van der Waals surface area contributed by atoms with Gasteiger partial charge in [0.1, 0.15) is 0 Å². The lowest BCUT2D eigenvalue weighted by Crippen LogP contribution is -2.36. The number of thiocarbonyl (C=S) groups is 1. The lowest BCUT2D eigenvalue weighted by Gasteiger charge is -2.09. The Morgan fingerprint density at radius 3 is 2.84 bits per heavy atom. The molecular formula is C11H14N4O3S. The maximum atomic E-state index is 10.6. The molecule has 0 unspecified atom stereocenters.